The van der Waals surface area contributed by atoms with Crippen LogP contribution in [0, 0.1) is 0 Å². The van der Waals surface area contributed by atoms with E-state index in [9.17, 15) is 15.0 Å². The van der Waals surface area contributed by atoms with Gasteiger partial charge in [0.15, 0.2) is 0 Å². The van der Waals surface area contributed by atoms with E-state index >= 15 is 0 Å². The summed E-state index contributed by atoms with van der Waals surface area (Å²) >= 11 is 0. The minimum Gasteiger partial charge on any atom is -0.445 e. The van der Waals surface area contributed by atoms with Crippen LogP contribution in [0.4, 0.5) is 4.79 Å². The number of fused-ring (bicyclic) bond motifs is 3. The Kier molecular flexibility index (Phi) is 6.12. The number of rotatable bonds is 7. The molecule has 30 heavy (non-hydrogen) atoms. The Bertz CT molecular complexity index is 1020. The molecule has 0 saturated carbocycles. The predicted octanol–water partition coefficient (Wildman–Crippen LogP) is 3.97. The molecule has 3 aromatic rings. The van der Waals surface area contributed by atoms with Crippen molar-refractivity contribution in [2.24, 2.45) is 0 Å². The van der Waals surface area contributed by atoms with Gasteiger partial charge in [-0.3, -0.25) is 0 Å². The van der Waals surface area contributed by atoms with Gasteiger partial charge in [-0.1, -0.05) is 72.8 Å². The standard InChI is InChI=1S/C25H25NO4/c27-23(12-13-26-25(29)30-16-17-6-2-1-3-7-17)24(28)19-10-11-22-20(15-19)14-18-8-4-5-9-21(18)22/h1-11,15,23-24,27-28H,12-14,16H2,(H,26,29). The maximum Gasteiger partial charge on any atom is 0.407 e. The summed E-state index contributed by atoms with van der Waals surface area (Å²) in [6.45, 7) is 0.400. The Labute approximate surface area is 176 Å². The molecular formula is C25H25NO4. The first-order chi connectivity index (χ1) is 14.6. The summed E-state index contributed by atoms with van der Waals surface area (Å²) in [5.41, 5.74) is 6.43. The van der Waals surface area contributed by atoms with Crippen LogP contribution < -0.4 is 5.32 Å². The van der Waals surface area contributed by atoms with Crippen LogP contribution in [0.2, 0.25) is 0 Å². The van der Waals surface area contributed by atoms with Crippen LogP contribution in [0.1, 0.15) is 34.8 Å². The third-order valence-corrected chi connectivity index (χ3v) is 5.45. The van der Waals surface area contributed by atoms with Crippen LogP contribution in [0.5, 0.6) is 0 Å². The predicted molar refractivity (Wildman–Crippen MR) is 115 cm³/mol. The Morgan fingerprint density at radius 1 is 0.933 bits per heavy atom. The molecule has 2 unspecified atom stereocenters. The number of benzene rings is 3. The van der Waals surface area contributed by atoms with Crippen molar-refractivity contribution in [1.82, 2.24) is 5.32 Å². The normalized spacial score (nSPS) is 13.8. The van der Waals surface area contributed by atoms with Gasteiger partial charge in [-0.05, 0) is 46.2 Å². The smallest absolute Gasteiger partial charge is 0.407 e. The Morgan fingerprint density at radius 3 is 2.50 bits per heavy atom. The van der Waals surface area contributed by atoms with Crippen LogP contribution in [0.25, 0.3) is 11.1 Å². The summed E-state index contributed by atoms with van der Waals surface area (Å²) < 4.78 is 5.14. The van der Waals surface area contributed by atoms with Crippen molar-refractivity contribution in [3.63, 3.8) is 0 Å². The van der Waals surface area contributed by atoms with Crippen molar-refractivity contribution >= 4 is 6.09 Å². The lowest BCUT2D eigenvalue weighted by atomic mass is 9.97. The van der Waals surface area contributed by atoms with Crippen molar-refractivity contribution < 1.29 is 19.7 Å². The quantitative estimate of drug-likeness (QED) is 0.436. The van der Waals surface area contributed by atoms with E-state index in [1.54, 1.807) is 0 Å². The largest absolute Gasteiger partial charge is 0.445 e. The molecule has 0 aliphatic heterocycles. The van der Waals surface area contributed by atoms with Gasteiger partial charge in [0, 0.05) is 6.54 Å². The second-order valence-electron chi connectivity index (χ2n) is 7.54. The molecule has 3 aromatic carbocycles. The molecule has 154 valence electrons. The monoisotopic (exact) mass is 403 g/mol. The Hall–Kier alpha value is -3.15. The molecule has 0 radical (unpaired) electrons. The first kappa shape index (κ1) is 20.1. The van der Waals surface area contributed by atoms with Crippen LogP contribution >= 0.6 is 0 Å². The van der Waals surface area contributed by atoms with E-state index in [4.69, 9.17) is 4.74 Å². The molecule has 1 aliphatic rings. The van der Waals surface area contributed by atoms with Gasteiger partial charge in [-0.2, -0.15) is 0 Å². The first-order valence-electron chi connectivity index (χ1n) is 10.1. The van der Waals surface area contributed by atoms with E-state index in [0.29, 0.717) is 5.56 Å². The molecule has 2 atom stereocenters. The number of alkyl carbamates (subject to hydrolysis) is 1. The van der Waals surface area contributed by atoms with E-state index in [2.05, 4.69) is 17.4 Å². The van der Waals surface area contributed by atoms with E-state index in [-0.39, 0.29) is 19.6 Å². The Balaban J connectivity index is 1.26. The molecule has 0 saturated heterocycles. The average Bonchev–Trinajstić information content (AvgIpc) is 3.15. The van der Waals surface area contributed by atoms with Crippen LogP contribution in [-0.4, -0.2) is 29.0 Å². The third-order valence-electron chi connectivity index (χ3n) is 5.45. The van der Waals surface area contributed by atoms with E-state index < -0.39 is 18.3 Å². The number of ether oxygens (including phenoxy) is 1. The van der Waals surface area contributed by atoms with Gasteiger partial charge in [-0.25, -0.2) is 4.79 Å². The lowest BCUT2D eigenvalue weighted by molar-refractivity contribution is 0.0136. The van der Waals surface area contributed by atoms with Crippen molar-refractivity contribution in [1.29, 1.82) is 0 Å². The molecule has 0 spiro atoms. The zero-order chi connectivity index (χ0) is 20.9. The summed E-state index contributed by atoms with van der Waals surface area (Å²) in [5.74, 6) is 0. The zero-order valence-electron chi connectivity index (χ0n) is 16.6. The fourth-order valence-electron chi connectivity index (χ4n) is 3.83. The lowest BCUT2D eigenvalue weighted by Crippen LogP contribution is -2.29. The van der Waals surface area contributed by atoms with Gasteiger partial charge in [-0.15, -0.1) is 0 Å². The van der Waals surface area contributed by atoms with Gasteiger partial charge in [0.1, 0.15) is 12.7 Å². The summed E-state index contributed by atoms with van der Waals surface area (Å²) in [4.78, 5) is 11.8. The molecular weight excluding hydrogens is 378 g/mol. The molecule has 3 N–H and O–H groups in total. The van der Waals surface area contributed by atoms with Gasteiger partial charge >= 0.3 is 6.09 Å². The summed E-state index contributed by atoms with van der Waals surface area (Å²) in [6, 6.07) is 23.5. The number of aliphatic hydroxyl groups excluding tert-OH is 2. The molecule has 1 aliphatic carbocycles. The fourth-order valence-corrected chi connectivity index (χ4v) is 3.83. The van der Waals surface area contributed by atoms with Crippen LogP contribution in [0.15, 0.2) is 72.8 Å². The van der Waals surface area contributed by atoms with Gasteiger partial charge in [0.25, 0.3) is 0 Å². The second kappa shape index (κ2) is 9.11. The van der Waals surface area contributed by atoms with Gasteiger partial charge in [0.2, 0.25) is 0 Å². The summed E-state index contributed by atoms with van der Waals surface area (Å²) in [5, 5.41) is 23.5. The highest BCUT2D eigenvalue weighted by Gasteiger charge is 2.23. The zero-order valence-corrected chi connectivity index (χ0v) is 16.6. The number of carbonyl (C=O) groups is 1. The number of aliphatic hydroxyl groups is 2. The Morgan fingerprint density at radius 2 is 1.67 bits per heavy atom. The lowest BCUT2D eigenvalue weighted by Gasteiger charge is -2.19. The molecule has 0 aromatic heterocycles. The minimum absolute atomic E-state index is 0.190. The molecule has 0 bridgehead atoms. The molecule has 5 nitrogen and oxygen atoms in total. The molecule has 1 amide bonds. The van der Waals surface area contributed by atoms with Gasteiger partial charge < -0.3 is 20.3 Å². The first-order valence-corrected chi connectivity index (χ1v) is 10.1. The number of hydrogen-bond acceptors (Lipinski definition) is 4. The average molecular weight is 403 g/mol. The molecule has 5 heteroatoms. The topological polar surface area (TPSA) is 78.8 Å². The highest BCUT2D eigenvalue weighted by atomic mass is 16.5. The van der Waals surface area contributed by atoms with E-state index in [1.165, 1.54) is 16.7 Å². The van der Waals surface area contributed by atoms with Gasteiger partial charge in [0.05, 0.1) is 6.10 Å². The highest BCUT2D eigenvalue weighted by Crippen LogP contribution is 2.37. The summed E-state index contributed by atoms with van der Waals surface area (Å²) in [7, 11) is 0. The van der Waals surface area contributed by atoms with Crippen LogP contribution in [0.3, 0.4) is 0 Å². The van der Waals surface area contributed by atoms with Crippen LogP contribution in [-0.2, 0) is 17.8 Å². The summed E-state index contributed by atoms with van der Waals surface area (Å²) in [6.07, 6.45) is -1.49. The molecule has 0 heterocycles. The number of carbonyl (C=O) groups excluding carboxylic acids is 1. The van der Waals surface area contributed by atoms with E-state index in [0.717, 1.165) is 17.5 Å². The number of hydrogen-bond donors (Lipinski definition) is 3. The molecule has 0 fully saturated rings. The van der Waals surface area contributed by atoms with E-state index in [1.807, 2.05) is 60.7 Å². The van der Waals surface area contributed by atoms with Crippen molar-refractivity contribution in [3.05, 3.63) is 95.1 Å². The minimum atomic E-state index is -1.01. The third kappa shape index (κ3) is 4.53. The number of nitrogens with one attached hydrogen (secondary N) is 1. The maximum atomic E-state index is 11.8. The number of amides is 1. The second-order valence-corrected chi connectivity index (χ2v) is 7.54. The fraction of sp³-hybridized carbons (Fsp3) is 0.240. The SMILES string of the molecule is O=C(NCCC(O)C(O)c1ccc2c(c1)Cc1ccccc1-2)OCc1ccccc1. The van der Waals surface area contributed by atoms with Crippen molar-refractivity contribution in [2.75, 3.05) is 6.54 Å². The highest BCUT2D eigenvalue weighted by molar-refractivity contribution is 5.77. The van der Waals surface area contributed by atoms with Crippen molar-refractivity contribution in [2.45, 2.75) is 31.7 Å². The maximum absolute atomic E-state index is 11.8. The molecule has 4 rings (SSSR count). The van der Waals surface area contributed by atoms with Crippen molar-refractivity contribution in [3.8, 4) is 11.1 Å².